The number of pyridine rings is 5. The van der Waals surface area contributed by atoms with E-state index in [9.17, 15) is 0 Å². The zero-order valence-corrected chi connectivity index (χ0v) is 45.1. The van der Waals surface area contributed by atoms with Crippen molar-refractivity contribution >= 4 is 54.5 Å². The molecule has 0 aliphatic rings. The molecule has 5 aromatic heterocycles. The summed E-state index contributed by atoms with van der Waals surface area (Å²) in [5.41, 5.74) is 6.37. The molecule has 0 radical (unpaired) electrons. The molecule has 5 heterocycles. The lowest BCUT2D eigenvalue weighted by atomic mass is 10.2. The van der Waals surface area contributed by atoms with Crippen LogP contribution in [-0.2, 0) is 35.2 Å². The molecule has 10 aromatic rings. The van der Waals surface area contributed by atoms with Crippen LogP contribution in [0.1, 0.15) is 0 Å². The van der Waals surface area contributed by atoms with Crippen molar-refractivity contribution < 1.29 is 143 Å². The van der Waals surface area contributed by atoms with Crippen LogP contribution in [0.25, 0.3) is 54.5 Å². The first-order valence-corrected chi connectivity index (χ1v) is 18.6. The molecule has 5 aromatic carbocycles. The SMILES string of the molecule is C[n+]1cccc2ccccc21.C[n+]1cccc2ccccc21.C[n+]1cccc2ccccc21.C[n+]1cccc2ccccc21.C[n+]1cccc2ccccc21.[I-].[I-].[I-].[I-].[I-]. The smallest absolute Gasteiger partial charge is 0.212 e. The van der Waals surface area contributed by atoms with Gasteiger partial charge in [-0.1, -0.05) is 60.7 Å². The maximum absolute atomic E-state index is 2.12. The highest BCUT2D eigenvalue weighted by Gasteiger charge is 2.03. The van der Waals surface area contributed by atoms with Crippen molar-refractivity contribution in [1.29, 1.82) is 0 Å². The first-order valence-electron chi connectivity index (χ1n) is 18.6. The Morgan fingerprint density at radius 1 is 0.200 bits per heavy atom. The number of benzene rings is 5. The lowest BCUT2D eigenvalue weighted by Gasteiger charge is -1.93. The molecule has 0 saturated heterocycles. The molecule has 0 bridgehead atoms. The minimum absolute atomic E-state index is 0. The fourth-order valence-electron chi connectivity index (χ4n) is 6.53. The second kappa shape index (κ2) is 28.4. The van der Waals surface area contributed by atoms with E-state index in [0.29, 0.717) is 0 Å². The van der Waals surface area contributed by atoms with Crippen molar-refractivity contribution in [2.75, 3.05) is 0 Å². The molecular formula is C50H50I5N5. The zero-order chi connectivity index (χ0) is 38.4. The Bertz CT molecular complexity index is 2340. The molecule has 5 nitrogen and oxygen atoms in total. The van der Waals surface area contributed by atoms with Crippen molar-refractivity contribution in [1.82, 2.24) is 0 Å². The molecule has 0 atom stereocenters. The minimum atomic E-state index is 0. The van der Waals surface area contributed by atoms with Crippen molar-refractivity contribution in [2.24, 2.45) is 35.2 Å². The number of hydrogen-bond acceptors (Lipinski definition) is 0. The highest BCUT2D eigenvalue weighted by Crippen LogP contribution is 2.10. The summed E-state index contributed by atoms with van der Waals surface area (Å²) in [6.07, 6.45) is 10.3. The Labute approximate surface area is 440 Å². The predicted molar refractivity (Wildman–Crippen MR) is 226 cm³/mol. The Kier molecular flexibility index (Phi) is 26.0. The third kappa shape index (κ3) is 15.3. The van der Waals surface area contributed by atoms with Gasteiger partial charge < -0.3 is 120 Å². The first-order chi connectivity index (χ1) is 26.9. The van der Waals surface area contributed by atoms with Crippen molar-refractivity contribution in [3.05, 3.63) is 213 Å². The van der Waals surface area contributed by atoms with Gasteiger partial charge in [0, 0.05) is 87.6 Å². The average Bonchev–Trinajstić information content (AvgIpc) is 3.23. The van der Waals surface area contributed by atoms with E-state index in [1.807, 2.05) is 0 Å². The van der Waals surface area contributed by atoms with E-state index >= 15 is 0 Å². The van der Waals surface area contributed by atoms with Crippen molar-refractivity contribution in [3.63, 3.8) is 0 Å². The lowest BCUT2D eigenvalue weighted by Crippen LogP contribution is -3.00. The van der Waals surface area contributed by atoms with Gasteiger partial charge in [-0.3, -0.25) is 0 Å². The summed E-state index contributed by atoms with van der Waals surface area (Å²) in [6, 6.07) is 62.7. The molecule has 0 amide bonds. The molecule has 0 saturated carbocycles. The first kappa shape index (κ1) is 54.8. The topological polar surface area (TPSA) is 19.4 Å². The number of aromatic nitrogens is 5. The van der Waals surface area contributed by atoms with Crippen LogP contribution in [0.5, 0.6) is 0 Å². The number of rotatable bonds is 0. The van der Waals surface area contributed by atoms with Gasteiger partial charge in [-0.2, -0.15) is 0 Å². The van der Waals surface area contributed by atoms with Gasteiger partial charge in [-0.05, 0) is 60.7 Å². The maximum Gasteiger partial charge on any atom is 0.212 e. The maximum atomic E-state index is 2.12. The molecule has 0 unspecified atom stereocenters. The van der Waals surface area contributed by atoms with E-state index < -0.39 is 0 Å². The summed E-state index contributed by atoms with van der Waals surface area (Å²) in [6.45, 7) is 0. The van der Waals surface area contributed by atoms with Gasteiger partial charge in [-0.25, -0.2) is 22.8 Å². The molecule has 0 spiro atoms. The molecule has 0 N–H and O–H groups in total. The number of para-hydroxylation sites is 5. The third-order valence-corrected chi connectivity index (χ3v) is 9.51. The van der Waals surface area contributed by atoms with Crippen LogP contribution in [0.2, 0.25) is 0 Å². The van der Waals surface area contributed by atoms with E-state index in [4.69, 9.17) is 0 Å². The largest absolute Gasteiger partial charge is 1.00 e. The van der Waals surface area contributed by atoms with Gasteiger partial charge in [0.15, 0.2) is 31.0 Å². The van der Waals surface area contributed by atoms with E-state index in [1.54, 1.807) is 0 Å². The van der Waals surface area contributed by atoms with Crippen LogP contribution in [0, 0.1) is 0 Å². The Balaban J connectivity index is 0.000000367. The number of nitrogens with zero attached hydrogens (tertiary/aromatic N) is 5. The second-order valence-electron chi connectivity index (χ2n) is 13.4. The zero-order valence-electron chi connectivity index (χ0n) is 34.3. The van der Waals surface area contributed by atoms with Gasteiger partial charge >= 0.3 is 0 Å². The summed E-state index contributed by atoms with van der Waals surface area (Å²) in [4.78, 5) is 0. The third-order valence-electron chi connectivity index (χ3n) is 9.51. The van der Waals surface area contributed by atoms with E-state index in [2.05, 4.69) is 271 Å². The van der Waals surface area contributed by atoms with Crippen molar-refractivity contribution in [3.8, 4) is 0 Å². The van der Waals surface area contributed by atoms with Gasteiger partial charge in [0.2, 0.25) is 27.6 Å². The average molecular weight is 1360 g/mol. The number of hydrogen-bond donors (Lipinski definition) is 0. The molecule has 10 rings (SSSR count). The highest BCUT2D eigenvalue weighted by atomic mass is 127. The van der Waals surface area contributed by atoms with Gasteiger partial charge in [0.05, 0.1) is 0 Å². The van der Waals surface area contributed by atoms with Crippen LogP contribution < -0.4 is 143 Å². The molecule has 0 aliphatic carbocycles. The van der Waals surface area contributed by atoms with Crippen LogP contribution in [-0.4, -0.2) is 0 Å². The Hall–Kier alpha value is -3.20. The van der Waals surface area contributed by atoms with Crippen LogP contribution in [0.4, 0.5) is 0 Å². The summed E-state index contributed by atoms with van der Waals surface area (Å²) < 4.78 is 10.6. The van der Waals surface area contributed by atoms with E-state index in [1.165, 1.54) is 54.5 Å². The Morgan fingerprint density at radius 3 is 0.483 bits per heavy atom. The molecule has 60 heavy (non-hydrogen) atoms. The van der Waals surface area contributed by atoms with Gasteiger partial charge in [-0.15, -0.1) is 0 Å². The van der Waals surface area contributed by atoms with Crippen LogP contribution >= 0.6 is 0 Å². The van der Waals surface area contributed by atoms with Gasteiger partial charge in [0.1, 0.15) is 35.2 Å². The highest BCUT2D eigenvalue weighted by molar-refractivity contribution is 5.77. The summed E-state index contributed by atoms with van der Waals surface area (Å²) >= 11 is 0. The summed E-state index contributed by atoms with van der Waals surface area (Å²) in [5, 5.41) is 6.45. The summed E-state index contributed by atoms with van der Waals surface area (Å²) in [5.74, 6) is 0. The van der Waals surface area contributed by atoms with Crippen molar-refractivity contribution in [2.45, 2.75) is 0 Å². The van der Waals surface area contributed by atoms with E-state index in [-0.39, 0.29) is 120 Å². The summed E-state index contributed by atoms with van der Waals surface area (Å²) in [7, 11) is 10.3. The lowest BCUT2D eigenvalue weighted by molar-refractivity contribution is -0.645. The second-order valence-corrected chi connectivity index (χ2v) is 13.4. The molecule has 0 aliphatic heterocycles. The van der Waals surface area contributed by atoms with Gasteiger partial charge in [0.25, 0.3) is 0 Å². The standard InChI is InChI=1S/5C10H10N.5HI/c5*1-11-8-4-6-9-5-2-3-7-10(9)11;;;;;/h5*2-8H,1H3;5*1H/q5*+1;;;;;/p-5. The van der Waals surface area contributed by atoms with Crippen LogP contribution in [0.3, 0.4) is 0 Å². The fourth-order valence-corrected chi connectivity index (χ4v) is 6.53. The molecule has 0 fully saturated rings. The molecule has 310 valence electrons. The molecule has 10 heteroatoms. The predicted octanol–water partition coefficient (Wildman–Crippen LogP) is -6.66. The van der Waals surface area contributed by atoms with Crippen LogP contribution in [0.15, 0.2) is 213 Å². The number of halogens is 5. The normalized spacial score (nSPS) is 9.42. The minimum Gasteiger partial charge on any atom is -1.00 e. The Morgan fingerprint density at radius 2 is 0.333 bits per heavy atom. The molecular weight excluding hydrogens is 1310 g/mol. The van der Waals surface area contributed by atoms with E-state index in [0.717, 1.165) is 0 Å². The monoisotopic (exact) mass is 1350 g/mol. The fraction of sp³-hybridized carbons (Fsp3) is 0.100. The number of fused-ring (bicyclic) bond motifs is 5. The quantitative estimate of drug-likeness (QED) is 0.107. The number of aryl methyl sites for hydroxylation is 5.